The van der Waals surface area contributed by atoms with E-state index in [1.807, 2.05) is 24.4 Å². The van der Waals surface area contributed by atoms with E-state index in [0.29, 0.717) is 11.4 Å². The molecule has 5 nitrogen and oxygen atoms in total. The molecule has 0 saturated heterocycles. The van der Waals surface area contributed by atoms with Crippen LogP contribution in [0.2, 0.25) is 0 Å². The maximum atomic E-state index is 12.1. The Hall–Kier alpha value is -1.92. The number of rotatable bonds is 5. The Balaban J connectivity index is 2.11. The number of nitrogens with one attached hydrogen (secondary N) is 2. The predicted molar refractivity (Wildman–Crippen MR) is 76.9 cm³/mol. The highest BCUT2D eigenvalue weighted by Crippen LogP contribution is 2.22. The van der Waals surface area contributed by atoms with Crippen LogP contribution in [-0.2, 0) is 0 Å². The van der Waals surface area contributed by atoms with Crippen molar-refractivity contribution < 1.29 is 4.79 Å². The third kappa shape index (κ3) is 3.30. The van der Waals surface area contributed by atoms with E-state index in [4.69, 9.17) is 5.84 Å². The fourth-order valence-corrected chi connectivity index (χ4v) is 2.60. The van der Waals surface area contributed by atoms with E-state index in [1.54, 1.807) is 29.7 Å². The van der Waals surface area contributed by atoms with Gasteiger partial charge >= 0.3 is 0 Å². The summed E-state index contributed by atoms with van der Waals surface area (Å²) in [6.45, 7) is 2.04. The van der Waals surface area contributed by atoms with Crippen LogP contribution in [0.5, 0.6) is 0 Å². The van der Waals surface area contributed by atoms with Crippen LogP contribution in [0.1, 0.15) is 34.8 Å². The smallest absolute Gasteiger partial charge is 0.270 e. The van der Waals surface area contributed by atoms with Crippen LogP contribution in [0, 0.1) is 0 Å². The number of nitrogens with two attached hydrogens (primary N) is 1. The highest BCUT2D eigenvalue weighted by atomic mass is 32.1. The number of hydrogen-bond donors (Lipinski definition) is 3. The summed E-state index contributed by atoms with van der Waals surface area (Å²) in [7, 11) is 0. The van der Waals surface area contributed by atoms with Gasteiger partial charge in [-0.25, -0.2) is 0 Å². The van der Waals surface area contributed by atoms with Crippen molar-refractivity contribution in [1.82, 2.24) is 10.3 Å². The van der Waals surface area contributed by atoms with Crippen LogP contribution in [0.15, 0.2) is 35.8 Å². The molecule has 1 amide bonds. The fraction of sp³-hybridized carbons (Fsp3) is 0.231. The van der Waals surface area contributed by atoms with Gasteiger partial charge in [0, 0.05) is 11.1 Å². The Morgan fingerprint density at radius 1 is 1.53 bits per heavy atom. The highest BCUT2D eigenvalue weighted by molar-refractivity contribution is 7.10. The highest BCUT2D eigenvalue weighted by Gasteiger charge is 2.15. The second-order valence-corrected chi connectivity index (χ2v) is 5.00. The minimum absolute atomic E-state index is 0.0174. The summed E-state index contributed by atoms with van der Waals surface area (Å²) in [5.74, 6) is 5.12. The summed E-state index contributed by atoms with van der Waals surface area (Å²) in [5, 5.41) is 4.98. The molecule has 0 fully saturated rings. The number of aromatic nitrogens is 1. The number of anilines is 1. The van der Waals surface area contributed by atoms with Crippen molar-refractivity contribution in [2.45, 2.75) is 19.4 Å². The van der Waals surface area contributed by atoms with E-state index in [0.717, 1.165) is 11.3 Å². The second-order valence-electron chi connectivity index (χ2n) is 4.02. The maximum absolute atomic E-state index is 12.1. The van der Waals surface area contributed by atoms with Crippen molar-refractivity contribution in [3.8, 4) is 0 Å². The molecule has 0 aromatic carbocycles. The Labute approximate surface area is 115 Å². The van der Waals surface area contributed by atoms with Crippen molar-refractivity contribution in [3.05, 3.63) is 46.4 Å². The third-order valence-electron chi connectivity index (χ3n) is 2.76. The first-order valence-electron chi connectivity index (χ1n) is 6.01. The number of nitrogen functional groups attached to an aromatic ring is 1. The lowest BCUT2D eigenvalue weighted by molar-refractivity contribution is 0.0931. The molecule has 2 aromatic heterocycles. The molecule has 2 rings (SSSR count). The molecule has 0 saturated carbocycles. The van der Waals surface area contributed by atoms with Gasteiger partial charge in [-0.2, -0.15) is 0 Å². The molecule has 6 heteroatoms. The molecule has 2 aromatic rings. The zero-order valence-corrected chi connectivity index (χ0v) is 11.4. The normalized spacial score (nSPS) is 11.9. The van der Waals surface area contributed by atoms with Gasteiger partial charge in [-0.1, -0.05) is 13.0 Å². The van der Waals surface area contributed by atoms with Crippen LogP contribution in [0.3, 0.4) is 0 Å². The number of hydrogen-bond acceptors (Lipinski definition) is 5. The van der Waals surface area contributed by atoms with E-state index >= 15 is 0 Å². The van der Waals surface area contributed by atoms with E-state index in [-0.39, 0.29) is 11.9 Å². The molecule has 0 aliphatic heterocycles. The lowest BCUT2D eigenvalue weighted by Crippen LogP contribution is -2.28. The summed E-state index contributed by atoms with van der Waals surface area (Å²) in [6.07, 6.45) is 2.39. The molecule has 0 radical (unpaired) electrons. The molecule has 2 heterocycles. The number of nitrogens with zero attached hydrogens (tertiary/aromatic N) is 1. The van der Waals surface area contributed by atoms with E-state index in [9.17, 15) is 4.79 Å². The van der Waals surface area contributed by atoms with Gasteiger partial charge in [0.05, 0.1) is 11.7 Å². The number of carbonyl (C=O) groups excluding carboxylic acids is 1. The van der Waals surface area contributed by atoms with Gasteiger partial charge in [0.2, 0.25) is 0 Å². The second kappa shape index (κ2) is 6.31. The summed E-state index contributed by atoms with van der Waals surface area (Å²) in [6, 6.07) is 7.34. The molecule has 0 bridgehead atoms. The Morgan fingerprint density at radius 2 is 2.37 bits per heavy atom. The van der Waals surface area contributed by atoms with E-state index < -0.39 is 0 Å². The fourth-order valence-electron chi connectivity index (χ4n) is 1.74. The molecule has 0 spiro atoms. The van der Waals surface area contributed by atoms with Gasteiger partial charge in [-0.3, -0.25) is 15.6 Å². The molecule has 0 aliphatic carbocycles. The van der Waals surface area contributed by atoms with Crippen molar-refractivity contribution in [3.63, 3.8) is 0 Å². The van der Waals surface area contributed by atoms with Crippen molar-refractivity contribution in [1.29, 1.82) is 0 Å². The predicted octanol–water partition coefficient (Wildman–Crippen LogP) is 2.31. The van der Waals surface area contributed by atoms with Gasteiger partial charge in [0.25, 0.3) is 5.91 Å². The minimum atomic E-state index is -0.197. The number of amides is 1. The first-order valence-corrected chi connectivity index (χ1v) is 6.89. The largest absolute Gasteiger partial charge is 0.343 e. The van der Waals surface area contributed by atoms with Gasteiger partial charge in [-0.15, -0.1) is 11.3 Å². The van der Waals surface area contributed by atoms with Crippen molar-refractivity contribution >= 4 is 22.9 Å². The molecule has 0 aliphatic rings. The van der Waals surface area contributed by atoms with Crippen molar-refractivity contribution in [2.24, 2.45) is 5.84 Å². The Bertz CT molecular complexity index is 541. The lowest BCUT2D eigenvalue weighted by atomic mass is 10.2. The average Bonchev–Trinajstić information content (AvgIpc) is 2.98. The summed E-state index contributed by atoms with van der Waals surface area (Å²) < 4.78 is 0. The standard InChI is InChI=1S/C13H16N4OS/c1-2-10(12-4-3-7-19-12)16-13(18)11-8-9(17-14)5-6-15-11/h3-8,10H,2,14H2,1H3,(H,15,17)(H,16,18). The van der Waals surface area contributed by atoms with Crippen LogP contribution in [-0.4, -0.2) is 10.9 Å². The van der Waals surface area contributed by atoms with Crippen LogP contribution in [0.4, 0.5) is 5.69 Å². The summed E-state index contributed by atoms with van der Waals surface area (Å²) in [4.78, 5) is 17.3. The number of thiophene rings is 1. The van der Waals surface area contributed by atoms with Gasteiger partial charge in [0.15, 0.2) is 0 Å². The van der Waals surface area contributed by atoms with E-state index in [1.165, 1.54) is 0 Å². The SMILES string of the molecule is CCC(NC(=O)c1cc(NN)ccn1)c1cccs1. The number of pyridine rings is 1. The lowest BCUT2D eigenvalue weighted by Gasteiger charge is -2.15. The van der Waals surface area contributed by atoms with Gasteiger partial charge in [-0.05, 0) is 30.0 Å². The molecule has 4 N–H and O–H groups in total. The third-order valence-corrected chi connectivity index (χ3v) is 3.75. The summed E-state index contributed by atoms with van der Waals surface area (Å²) in [5.41, 5.74) is 3.51. The molecule has 100 valence electrons. The van der Waals surface area contributed by atoms with Crippen molar-refractivity contribution in [2.75, 3.05) is 5.43 Å². The zero-order valence-electron chi connectivity index (χ0n) is 10.6. The topological polar surface area (TPSA) is 80.0 Å². The molecule has 1 atom stereocenters. The van der Waals surface area contributed by atoms with Gasteiger partial charge < -0.3 is 10.7 Å². The van der Waals surface area contributed by atoms with Crippen LogP contribution >= 0.6 is 11.3 Å². The maximum Gasteiger partial charge on any atom is 0.270 e. The molecule has 19 heavy (non-hydrogen) atoms. The minimum Gasteiger partial charge on any atom is -0.343 e. The van der Waals surface area contributed by atoms with Crippen LogP contribution in [0.25, 0.3) is 0 Å². The first kappa shape index (κ1) is 13.5. The molecule has 1 unspecified atom stereocenters. The Morgan fingerprint density at radius 3 is 3.00 bits per heavy atom. The average molecular weight is 276 g/mol. The number of hydrazine groups is 1. The molecular weight excluding hydrogens is 260 g/mol. The Kier molecular flexibility index (Phi) is 4.48. The molecular formula is C13H16N4OS. The van der Waals surface area contributed by atoms with Crippen LogP contribution < -0.4 is 16.6 Å². The first-order chi connectivity index (χ1) is 9.24. The summed E-state index contributed by atoms with van der Waals surface area (Å²) >= 11 is 1.63. The monoisotopic (exact) mass is 276 g/mol. The quantitative estimate of drug-likeness (QED) is 0.578. The van der Waals surface area contributed by atoms with E-state index in [2.05, 4.69) is 15.7 Å². The number of carbonyl (C=O) groups is 1. The zero-order chi connectivity index (χ0) is 13.7. The van der Waals surface area contributed by atoms with Gasteiger partial charge in [0.1, 0.15) is 5.69 Å².